The summed E-state index contributed by atoms with van der Waals surface area (Å²) in [4.78, 5) is 13.6. The molecule has 158 valence electrons. The second-order valence-electron chi connectivity index (χ2n) is 7.34. The van der Waals surface area contributed by atoms with Crippen LogP contribution in [0.25, 0.3) is 0 Å². The number of rotatable bonds is 8. The Labute approximate surface area is 169 Å². The van der Waals surface area contributed by atoms with Gasteiger partial charge in [-0.2, -0.15) is 0 Å². The van der Waals surface area contributed by atoms with Crippen LogP contribution >= 0.6 is 0 Å². The van der Waals surface area contributed by atoms with E-state index in [9.17, 15) is 8.42 Å². The first-order valence-corrected chi connectivity index (χ1v) is 11.9. The smallest absolute Gasteiger partial charge is 0.191 e. The maximum absolute atomic E-state index is 11.3. The van der Waals surface area contributed by atoms with Gasteiger partial charge in [0.1, 0.15) is 15.7 Å². The Morgan fingerprint density at radius 2 is 2.00 bits per heavy atom. The number of pyridine rings is 1. The molecule has 1 aliphatic heterocycles. The molecule has 1 aromatic rings. The van der Waals surface area contributed by atoms with E-state index in [1.165, 1.54) is 6.26 Å². The molecule has 0 saturated carbocycles. The quantitative estimate of drug-likeness (QED) is 0.482. The summed E-state index contributed by atoms with van der Waals surface area (Å²) in [6, 6.07) is 4.18. The number of anilines is 1. The normalized spacial score (nSPS) is 17.4. The zero-order valence-corrected chi connectivity index (χ0v) is 18.3. The number of guanidine groups is 1. The van der Waals surface area contributed by atoms with Crippen LogP contribution in [0, 0.1) is 0 Å². The van der Waals surface area contributed by atoms with Gasteiger partial charge < -0.3 is 20.4 Å². The number of nitrogens with zero attached hydrogens (tertiary/aromatic N) is 4. The first kappa shape index (κ1) is 22.4. The molecule has 9 heteroatoms. The minimum Gasteiger partial charge on any atom is -0.354 e. The lowest BCUT2D eigenvalue weighted by atomic mass is 10.2. The fraction of sp³-hybridized carbons (Fsp3) is 0.684. The topological polar surface area (TPSA) is 89.9 Å². The van der Waals surface area contributed by atoms with Gasteiger partial charge in [-0.05, 0) is 31.5 Å². The van der Waals surface area contributed by atoms with Gasteiger partial charge in [0.15, 0.2) is 5.96 Å². The molecule has 1 saturated heterocycles. The highest BCUT2D eigenvalue weighted by molar-refractivity contribution is 7.90. The van der Waals surface area contributed by atoms with Crippen LogP contribution in [0.15, 0.2) is 23.3 Å². The second kappa shape index (κ2) is 10.6. The molecule has 1 aromatic heterocycles. The molecular formula is C19H34N6O2S. The summed E-state index contributed by atoms with van der Waals surface area (Å²) in [5.41, 5.74) is 1.07. The van der Waals surface area contributed by atoms with E-state index in [2.05, 4.69) is 49.5 Å². The van der Waals surface area contributed by atoms with E-state index in [4.69, 9.17) is 0 Å². The first-order chi connectivity index (χ1) is 13.3. The molecule has 1 unspecified atom stereocenters. The van der Waals surface area contributed by atoms with Gasteiger partial charge in [-0.3, -0.25) is 4.99 Å². The van der Waals surface area contributed by atoms with Gasteiger partial charge in [0, 0.05) is 58.3 Å². The number of nitrogens with one attached hydrogen (secondary N) is 2. The van der Waals surface area contributed by atoms with Crippen molar-refractivity contribution in [2.45, 2.75) is 32.9 Å². The zero-order chi connectivity index (χ0) is 20.6. The van der Waals surface area contributed by atoms with Gasteiger partial charge in [0.2, 0.25) is 0 Å². The van der Waals surface area contributed by atoms with Gasteiger partial charge in [-0.25, -0.2) is 13.4 Å². The molecule has 0 amide bonds. The van der Waals surface area contributed by atoms with Gasteiger partial charge in [0.25, 0.3) is 0 Å². The van der Waals surface area contributed by atoms with Crippen LogP contribution in [0.5, 0.6) is 0 Å². The summed E-state index contributed by atoms with van der Waals surface area (Å²) in [6.07, 6.45) is 3.70. The Morgan fingerprint density at radius 3 is 2.54 bits per heavy atom. The molecule has 2 N–H and O–H groups in total. The standard InChI is InChI=1S/C19H34N6O2S/c1-5-24-9-11-25(12-10-24)18-7-6-17(14-21-18)15-22-19(20-3)23-16(2)8-13-28(4,26)27/h6-7,14,16H,5,8-13,15H2,1-4H3,(H2,20,22,23). The van der Waals surface area contributed by atoms with Crippen molar-refractivity contribution in [1.29, 1.82) is 0 Å². The van der Waals surface area contributed by atoms with Crippen molar-refractivity contribution < 1.29 is 8.42 Å². The van der Waals surface area contributed by atoms with Crippen molar-refractivity contribution in [1.82, 2.24) is 20.5 Å². The van der Waals surface area contributed by atoms with E-state index in [0.717, 1.165) is 44.1 Å². The number of aromatic nitrogens is 1. The second-order valence-corrected chi connectivity index (χ2v) is 9.60. The zero-order valence-electron chi connectivity index (χ0n) is 17.5. The largest absolute Gasteiger partial charge is 0.354 e. The minimum absolute atomic E-state index is 0.0169. The predicted octanol–water partition coefficient (Wildman–Crippen LogP) is 0.712. The summed E-state index contributed by atoms with van der Waals surface area (Å²) in [5.74, 6) is 1.84. The maximum Gasteiger partial charge on any atom is 0.191 e. The van der Waals surface area contributed by atoms with E-state index in [-0.39, 0.29) is 11.8 Å². The summed E-state index contributed by atoms with van der Waals surface area (Å²) in [5, 5.41) is 6.48. The predicted molar refractivity (Wildman–Crippen MR) is 116 cm³/mol. The molecule has 0 bridgehead atoms. The fourth-order valence-corrected chi connectivity index (χ4v) is 3.86. The molecule has 8 nitrogen and oxygen atoms in total. The summed E-state index contributed by atoms with van der Waals surface area (Å²) >= 11 is 0. The number of piperazine rings is 1. The Balaban J connectivity index is 1.80. The maximum atomic E-state index is 11.3. The van der Waals surface area contributed by atoms with Gasteiger partial charge in [-0.15, -0.1) is 0 Å². The molecule has 0 radical (unpaired) electrons. The van der Waals surface area contributed by atoms with E-state index < -0.39 is 9.84 Å². The first-order valence-electron chi connectivity index (χ1n) is 9.88. The third kappa shape index (κ3) is 7.63. The van der Waals surface area contributed by atoms with Crippen molar-refractivity contribution in [2.75, 3.05) is 56.7 Å². The molecule has 1 aliphatic rings. The number of likely N-dealkylation sites (N-methyl/N-ethyl adjacent to an activating group) is 1. The average Bonchev–Trinajstić information content (AvgIpc) is 2.69. The molecule has 0 aliphatic carbocycles. The molecule has 0 aromatic carbocycles. The van der Waals surface area contributed by atoms with Crippen LogP contribution in [-0.2, 0) is 16.4 Å². The Hall–Kier alpha value is -1.87. The fourth-order valence-electron chi connectivity index (χ4n) is 3.08. The van der Waals surface area contributed by atoms with Crippen LogP contribution in [0.1, 0.15) is 25.8 Å². The molecule has 28 heavy (non-hydrogen) atoms. The van der Waals surface area contributed by atoms with E-state index in [1.807, 2.05) is 13.1 Å². The summed E-state index contributed by atoms with van der Waals surface area (Å²) < 4.78 is 22.6. The molecule has 0 spiro atoms. The van der Waals surface area contributed by atoms with Gasteiger partial charge >= 0.3 is 0 Å². The number of hydrogen-bond donors (Lipinski definition) is 2. The SMILES string of the molecule is CCN1CCN(c2ccc(CNC(=NC)NC(C)CCS(C)(=O)=O)cn2)CC1. The lowest BCUT2D eigenvalue weighted by Crippen LogP contribution is -2.46. The van der Waals surface area contributed by atoms with E-state index >= 15 is 0 Å². The van der Waals surface area contributed by atoms with Crippen molar-refractivity contribution in [2.24, 2.45) is 4.99 Å². The highest BCUT2D eigenvalue weighted by Gasteiger charge is 2.16. The van der Waals surface area contributed by atoms with Gasteiger partial charge in [0.05, 0.1) is 5.75 Å². The monoisotopic (exact) mass is 410 g/mol. The van der Waals surface area contributed by atoms with E-state index in [1.54, 1.807) is 7.05 Å². The summed E-state index contributed by atoms with van der Waals surface area (Å²) in [6.45, 7) is 10.1. The number of hydrogen-bond acceptors (Lipinski definition) is 6. The Bertz CT molecular complexity index is 727. The number of sulfone groups is 1. The summed E-state index contributed by atoms with van der Waals surface area (Å²) in [7, 11) is -1.25. The van der Waals surface area contributed by atoms with Crippen LogP contribution in [0.2, 0.25) is 0 Å². The lowest BCUT2D eigenvalue weighted by molar-refractivity contribution is 0.270. The molecule has 2 rings (SSSR count). The van der Waals surface area contributed by atoms with Crippen LogP contribution < -0.4 is 15.5 Å². The average molecular weight is 411 g/mol. The van der Waals surface area contributed by atoms with Crippen molar-refractivity contribution in [3.63, 3.8) is 0 Å². The third-order valence-corrected chi connectivity index (χ3v) is 5.92. The molecular weight excluding hydrogens is 376 g/mol. The third-order valence-electron chi connectivity index (χ3n) is 4.94. The van der Waals surface area contributed by atoms with Crippen molar-refractivity contribution in [3.8, 4) is 0 Å². The lowest BCUT2D eigenvalue weighted by Gasteiger charge is -2.34. The van der Waals surface area contributed by atoms with Crippen molar-refractivity contribution >= 4 is 21.6 Å². The highest BCUT2D eigenvalue weighted by atomic mass is 32.2. The highest BCUT2D eigenvalue weighted by Crippen LogP contribution is 2.14. The number of aliphatic imine (C=N–C) groups is 1. The van der Waals surface area contributed by atoms with Crippen molar-refractivity contribution in [3.05, 3.63) is 23.9 Å². The van der Waals surface area contributed by atoms with Crippen LogP contribution in [-0.4, -0.2) is 82.1 Å². The Kier molecular flexibility index (Phi) is 8.50. The van der Waals surface area contributed by atoms with Crippen LogP contribution in [0.4, 0.5) is 5.82 Å². The minimum atomic E-state index is -2.95. The van der Waals surface area contributed by atoms with E-state index in [0.29, 0.717) is 18.9 Å². The van der Waals surface area contributed by atoms with Gasteiger partial charge in [-0.1, -0.05) is 13.0 Å². The molecule has 2 heterocycles. The Morgan fingerprint density at radius 1 is 1.29 bits per heavy atom. The van der Waals surface area contributed by atoms with Crippen LogP contribution in [0.3, 0.4) is 0 Å². The molecule has 1 atom stereocenters. The molecule has 1 fully saturated rings.